The third-order valence-electron chi connectivity index (χ3n) is 5.13. The summed E-state index contributed by atoms with van der Waals surface area (Å²) in [5.74, 6) is 1.48. The molecule has 5 nitrogen and oxygen atoms in total. The largest absolute Gasteiger partial charge is 0.493 e. The molecule has 0 unspecified atom stereocenters. The molecule has 3 rings (SSSR count). The predicted molar refractivity (Wildman–Crippen MR) is 89.2 cm³/mol. The van der Waals surface area contributed by atoms with Crippen molar-refractivity contribution in [3.63, 3.8) is 0 Å². The van der Waals surface area contributed by atoms with Crippen LogP contribution in [0.25, 0.3) is 0 Å². The summed E-state index contributed by atoms with van der Waals surface area (Å²) in [6.45, 7) is 0.668. The van der Waals surface area contributed by atoms with E-state index in [1.165, 1.54) is 18.4 Å². The fourth-order valence-corrected chi connectivity index (χ4v) is 3.44. The van der Waals surface area contributed by atoms with Gasteiger partial charge in [0.25, 0.3) is 0 Å². The van der Waals surface area contributed by atoms with E-state index in [0.29, 0.717) is 12.6 Å². The number of amides is 2. The van der Waals surface area contributed by atoms with E-state index in [1.54, 1.807) is 14.2 Å². The molecule has 2 N–H and O–H groups in total. The fourth-order valence-electron chi connectivity index (χ4n) is 3.44. The molecule has 1 aromatic rings. The Labute approximate surface area is 137 Å². The summed E-state index contributed by atoms with van der Waals surface area (Å²) < 4.78 is 10.7. The summed E-state index contributed by atoms with van der Waals surface area (Å²) in [5, 5.41) is 6.13. The number of ether oxygens (including phenoxy) is 2. The lowest BCUT2D eigenvalue weighted by molar-refractivity contribution is 0.236. The maximum Gasteiger partial charge on any atom is 0.315 e. The van der Waals surface area contributed by atoms with Gasteiger partial charge in [-0.2, -0.15) is 0 Å². The van der Waals surface area contributed by atoms with Crippen molar-refractivity contribution in [2.24, 2.45) is 0 Å². The van der Waals surface area contributed by atoms with E-state index < -0.39 is 0 Å². The summed E-state index contributed by atoms with van der Waals surface area (Å²) in [4.78, 5) is 12.1. The van der Waals surface area contributed by atoms with Crippen molar-refractivity contribution in [2.45, 2.75) is 50.0 Å². The zero-order valence-corrected chi connectivity index (χ0v) is 14.0. The van der Waals surface area contributed by atoms with Crippen LogP contribution < -0.4 is 20.1 Å². The standard InChI is InChI=1S/C18H26N2O3/c1-22-15-8-7-13(11-16(15)23-2)18(9-10-18)12-19-17(21)20-14-5-3-4-6-14/h7-8,11,14H,3-6,9-10,12H2,1-2H3,(H2,19,20,21). The Balaban J connectivity index is 1.60. The second-order valence-corrected chi connectivity index (χ2v) is 6.66. The van der Waals surface area contributed by atoms with Crippen LogP contribution in [0.1, 0.15) is 44.1 Å². The van der Waals surface area contributed by atoms with Crippen molar-refractivity contribution in [3.05, 3.63) is 23.8 Å². The number of benzene rings is 1. The maximum absolute atomic E-state index is 12.1. The molecule has 2 aliphatic carbocycles. The molecule has 1 aromatic carbocycles. The third-order valence-corrected chi connectivity index (χ3v) is 5.13. The van der Waals surface area contributed by atoms with Gasteiger partial charge in [-0.1, -0.05) is 18.9 Å². The van der Waals surface area contributed by atoms with E-state index in [9.17, 15) is 4.79 Å². The molecule has 5 heteroatoms. The number of hydrogen-bond donors (Lipinski definition) is 2. The zero-order chi connectivity index (χ0) is 16.3. The molecule has 2 saturated carbocycles. The van der Waals surface area contributed by atoms with Crippen LogP contribution in [0.15, 0.2) is 18.2 Å². The lowest BCUT2D eigenvalue weighted by Gasteiger charge is -2.20. The summed E-state index contributed by atoms with van der Waals surface area (Å²) in [6.07, 6.45) is 6.84. The first-order valence-corrected chi connectivity index (χ1v) is 8.44. The van der Waals surface area contributed by atoms with Gasteiger partial charge < -0.3 is 20.1 Å². The Bertz CT molecular complexity index is 563. The molecule has 0 heterocycles. The highest BCUT2D eigenvalue weighted by Crippen LogP contribution is 2.49. The molecule has 2 amide bonds. The molecule has 2 aliphatic rings. The number of carbonyl (C=O) groups excluding carboxylic acids is 1. The molecule has 0 spiro atoms. The summed E-state index contributed by atoms with van der Waals surface area (Å²) in [5.41, 5.74) is 1.25. The van der Waals surface area contributed by atoms with Gasteiger partial charge in [0.05, 0.1) is 14.2 Å². The number of nitrogens with one attached hydrogen (secondary N) is 2. The smallest absolute Gasteiger partial charge is 0.315 e. The number of rotatable bonds is 6. The molecule has 0 atom stereocenters. The van der Waals surface area contributed by atoms with Gasteiger partial charge >= 0.3 is 6.03 Å². The van der Waals surface area contributed by atoms with Crippen LogP contribution in [-0.4, -0.2) is 32.8 Å². The van der Waals surface area contributed by atoms with Crippen LogP contribution in [0.5, 0.6) is 11.5 Å². The average Bonchev–Trinajstić information content (AvgIpc) is 3.21. The van der Waals surface area contributed by atoms with Crippen molar-refractivity contribution in [1.82, 2.24) is 10.6 Å². The normalized spacial score (nSPS) is 19.2. The second kappa shape index (κ2) is 6.69. The van der Waals surface area contributed by atoms with Crippen LogP contribution in [-0.2, 0) is 5.41 Å². The molecule has 126 valence electrons. The van der Waals surface area contributed by atoms with Crippen molar-refractivity contribution in [2.75, 3.05) is 20.8 Å². The van der Waals surface area contributed by atoms with Gasteiger partial charge in [0.1, 0.15) is 0 Å². The summed E-state index contributed by atoms with van der Waals surface area (Å²) >= 11 is 0. The van der Waals surface area contributed by atoms with Crippen molar-refractivity contribution in [1.29, 1.82) is 0 Å². The van der Waals surface area contributed by atoms with Gasteiger partial charge in [-0.15, -0.1) is 0 Å². The van der Waals surface area contributed by atoms with E-state index in [0.717, 1.165) is 37.2 Å². The minimum atomic E-state index is -0.0383. The van der Waals surface area contributed by atoms with E-state index in [1.807, 2.05) is 12.1 Å². The van der Waals surface area contributed by atoms with Crippen molar-refractivity contribution < 1.29 is 14.3 Å². The molecule has 0 bridgehead atoms. The van der Waals surface area contributed by atoms with Gasteiger partial charge in [-0.3, -0.25) is 0 Å². The molecule has 0 radical (unpaired) electrons. The molecule has 2 fully saturated rings. The SMILES string of the molecule is COc1ccc(C2(CNC(=O)NC3CCCC3)CC2)cc1OC. The quantitative estimate of drug-likeness (QED) is 0.848. The lowest BCUT2D eigenvalue weighted by atomic mass is 9.95. The maximum atomic E-state index is 12.1. The number of hydrogen-bond acceptors (Lipinski definition) is 3. The molecule has 0 aromatic heterocycles. The van der Waals surface area contributed by atoms with E-state index in [-0.39, 0.29) is 11.4 Å². The summed E-state index contributed by atoms with van der Waals surface area (Å²) in [7, 11) is 3.29. The van der Waals surface area contributed by atoms with E-state index >= 15 is 0 Å². The Morgan fingerprint density at radius 1 is 1.17 bits per heavy atom. The fraction of sp³-hybridized carbons (Fsp3) is 0.611. The molecule has 0 aliphatic heterocycles. The first-order chi connectivity index (χ1) is 11.2. The first-order valence-electron chi connectivity index (χ1n) is 8.44. The third kappa shape index (κ3) is 3.54. The van der Waals surface area contributed by atoms with Gasteiger partial charge in [-0.25, -0.2) is 4.79 Å². The lowest BCUT2D eigenvalue weighted by Crippen LogP contribution is -2.43. The van der Waals surface area contributed by atoms with E-state index in [4.69, 9.17) is 9.47 Å². The van der Waals surface area contributed by atoms with Crippen LogP contribution in [0, 0.1) is 0 Å². The Morgan fingerprint density at radius 3 is 2.48 bits per heavy atom. The first kappa shape index (κ1) is 16.0. The minimum absolute atomic E-state index is 0.0383. The van der Waals surface area contributed by atoms with Crippen LogP contribution in [0.4, 0.5) is 4.79 Å². The van der Waals surface area contributed by atoms with Crippen molar-refractivity contribution >= 4 is 6.03 Å². The minimum Gasteiger partial charge on any atom is -0.493 e. The topological polar surface area (TPSA) is 59.6 Å². The monoisotopic (exact) mass is 318 g/mol. The molecule has 23 heavy (non-hydrogen) atoms. The van der Waals surface area contributed by atoms with Crippen LogP contribution in [0.3, 0.4) is 0 Å². The van der Waals surface area contributed by atoms with Crippen LogP contribution in [0.2, 0.25) is 0 Å². The van der Waals surface area contributed by atoms with Gasteiger partial charge in [-0.05, 0) is 43.4 Å². The number of carbonyl (C=O) groups is 1. The molecular weight excluding hydrogens is 292 g/mol. The van der Waals surface area contributed by atoms with E-state index in [2.05, 4.69) is 16.7 Å². The Hall–Kier alpha value is -1.91. The predicted octanol–water partition coefficient (Wildman–Crippen LogP) is 2.98. The average molecular weight is 318 g/mol. The molecule has 0 saturated heterocycles. The number of methoxy groups -OCH3 is 2. The van der Waals surface area contributed by atoms with Gasteiger partial charge in [0, 0.05) is 18.0 Å². The highest BCUT2D eigenvalue weighted by Gasteiger charge is 2.44. The highest BCUT2D eigenvalue weighted by molar-refractivity contribution is 5.74. The molecular formula is C18H26N2O3. The Morgan fingerprint density at radius 2 is 1.87 bits per heavy atom. The summed E-state index contributed by atoms with van der Waals surface area (Å²) in [6, 6.07) is 6.36. The highest BCUT2D eigenvalue weighted by atomic mass is 16.5. The second-order valence-electron chi connectivity index (χ2n) is 6.66. The van der Waals surface area contributed by atoms with Gasteiger partial charge in [0.15, 0.2) is 11.5 Å². The zero-order valence-electron chi connectivity index (χ0n) is 14.0. The van der Waals surface area contributed by atoms with Crippen LogP contribution >= 0.6 is 0 Å². The number of urea groups is 1. The van der Waals surface area contributed by atoms with Gasteiger partial charge in [0.2, 0.25) is 0 Å². The van der Waals surface area contributed by atoms with Crippen molar-refractivity contribution in [3.8, 4) is 11.5 Å². The Kier molecular flexibility index (Phi) is 4.64.